The lowest BCUT2D eigenvalue weighted by atomic mass is 9.89. The van der Waals surface area contributed by atoms with Crippen molar-refractivity contribution in [3.63, 3.8) is 0 Å². The van der Waals surface area contributed by atoms with Gasteiger partial charge in [-0.1, -0.05) is 44.2 Å². The van der Waals surface area contributed by atoms with Crippen molar-refractivity contribution in [3.8, 4) is 0 Å². The predicted molar refractivity (Wildman–Crippen MR) is 55.6 cm³/mol. The van der Waals surface area contributed by atoms with Crippen LogP contribution in [0.3, 0.4) is 0 Å². The van der Waals surface area contributed by atoms with Gasteiger partial charge in [-0.05, 0) is 17.4 Å². The van der Waals surface area contributed by atoms with Gasteiger partial charge >= 0.3 is 0 Å². The fourth-order valence-corrected chi connectivity index (χ4v) is 2.02. The Morgan fingerprint density at radius 2 is 1.92 bits per heavy atom. The van der Waals surface area contributed by atoms with Crippen molar-refractivity contribution in [1.29, 1.82) is 0 Å². The SMILES string of the molecule is CC1(C)CN[C@@H](c2ccccc2)C1. The van der Waals surface area contributed by atoms with E-state index in [1.807, 2.05) is 0 Å². The third kappa shape index (κ3) is 1.92. The first kappa shape index (κ1) is 8.76. The van der Waals surface area contributed by atoms with Gasteiger partial charge in [0.1, 0.15) is 0 Å². The predicted octanol–water partition coefficient (Wildman–Crippen LogP) is 2.75. The minimum absolute atomic E-state index is 0.459. The fraction of sp³-hybridized carbons (Fsp3) is 0.500. The normalized spacial score (nSPS) is 26.2. The van der Waals surface area contributed by atoms with Gasteiger partial charge in [-0.2, -0.15) is 0 Å². The minimum atomic E-state index is 0.459. The average Bonchev–Trinajstić information content (AvgIpc) is 2.48. The molecule has 1 heteroatoms. The lowest BCUT2D eigenvalue weighted by Crippen LogP contribution is -2.16. The van der Waals surface area contributed by atoms with Gasteiger partial charge < -0.3 is 5.32 Å². The van der Waals surface area contributed by atoms with Crippen molar-refractivity contribution in [3.05, 3.63) is 35.9 Å². The second-order valence-electron chi connectivity index (χ2n) is 4.71. The van der Waals surface area contributed by atoms with Crippen LogP contribution in [0.4, 0.5) is 0 Å². The molecule has 0 aromatic heterocycles. The Labute approximate surface area is 80.2 Å². The Morgan fingerprint density at radius 1 is 1.23 bits per heavy atom. The zero-order valence-electron chi connectivity index (χ0n) is 8.38. The zero-order valence-corrected chi connectivity index (χ0v) is 8.38. The molecular formula is C12H17N. The maximum Gasteiger partial charge on any atom is 0.0326 e. The van der Waals surface area contributed by atoms with E-state index in [9.17, 15) is 0 Å². The maximum atomic E-state index is 3.56. The summed E-state index contributed by atoms with van der Waals surface area (Å²) in [5.74, 6) is 0. The molecule has 1 aromatic rings. The molecule has 0 spiro atoms. The first-order valence-corrected chi connectivity index (χ1v) is 4.96. The summed E-state index contributed by atoms with van der Waals surface area (Å²) < 4.78 is 0. The largest absolute Gasteiger partial charge is 0.309 e. The average molecular weight is 175 g/mol. The number of nitrogens with one attached hydrogen (secondary N) is 1. The highest BCUT2D eigenvalue weighted by Crippen LogP contribution is 2.35. The molecular weight excluding hydrogens is 158 g/mol. The molecule has 0 unspecified atom stereocenters. The van der Waals surface area contributed by atoms with Crippen molar-refractivity contribution in [2.75, 3.05) is 6.54 Å². The molecule has 0 saturated carbocycles. The Hall–Kier alpha value is -0.820. The van der Waals surface area contributed by atoms with Crippen LogP contribution in [0.5, 0.6) is 0 Å². The van der Waals surface area contributed by atoms with Crippen molar-refractivity contribution in [2.24, 2.45) is 5.41 Å². The van der Waals surface area contributed by atoms with Gasteiger partial charge in [-0.3, -0.25) is 0 Å². The minimum Gasteiger partial charge on any atom is -0.309 e. The van der Waals surface area contributed by atoms with Gasteiger partial charge in [0.2, 0.25) is 0 Å². The monoisotopic (exact) mass is 175 g/mol. The Bertz CT molecular complexity index is 276. The maximum absolute atomic E-state index is 3.56. The molecule has 2 rings (SSSR count). The van der Waals surface area contributed by atoms with Crippen LogP contribution in [0, 0.1) is 5.41 Å². The van der Waals surface area contributed by atoms with Crippen LogP contribution in [-0.2, 0) is 0 Å². The molecule has 1 atom stereocenters. The summed E-state index contributed by atoms with van der Waals surface area (Å²) in [5, 5.41) is 3.56. The highest BCUT2D eigenvalue weighted by Gasteiger charge is 2.30. The van der Waals surface area contributed by atoms with E-state index in [2.05, 4.69) is 49.5 Å². The van der Waals surface area contributed by atoms with Crippen LogP contribution < -0.4 is 5.32 Å². The first-order chi connectivity index (χ1) is 6.17. The highest BCUT2D eigenvalue weighted by atomic mass is 15.0. The molecule has 1 aliphatic rings. The molecule has 1 N–H and O–H groups in total. The van der Waals surface area contributed by atoms with E-state index in [0.29, 0.717) is 11.5 Å². The molecule has 1 heterocycles. The molecule has 13 heavy (non-hydrogen) atoms. The number of benzene rings is 1. The van der Waals surface area contributed by atoms with Gasteiger partial charge in [-0.15, -0.1) is 0 Å². The fourth-order valence-electron chi connectivity index (χ4n) is 2.02. The van der Waals surface area contributed by atoms with E-state index < -0.39 is 0 Å². The summed E-state index contributed by atoms with van der Waals surface area (Å²) >= 11 is 0. The van der Waals surface area contributed by atoms with Crippen molar-refractivity contribution >= 4 is 0 Å². The van der Waals surface area contributed by atoms with Gasteiger partial charge in [0, 0.05) is 12.6 Å². The van der Waals surface area contributed by atoms with Crippen molar-refractivity contribution in [1.82, 2.24) is 5.32 Å². The molecule has 70 valence electrons. The van der Waals surface area contributed by atoms with E-state index in [4.69, 9.17) is 0 Å². The van der Waals surface area contributed by atoms with Crippen LogP contribution in [0.15, 0.2) is 30.3 Å². The summed E-state index contributed by atoms with van der Waals surface area (Å²) in [4.78, 5) is 0. The van der Waals surface area contributed by atoms with Gasteiger partial charge in [0.05, 0.1) is 0 Å². The summed E-state index contributed by atoms with van der Waals surface area (Å²) in [6, 6.07) is 11.3. The van der Waals surface area contributed by atoms with Crippen molar-refractivity contribution < 1.29 is 0 Å². The van der Waals surface area contributed by atoms with Crippen LogP contribution in [-0.4, -0.2) is 6.54 Å². The van der Waals surface area contributed by atoms with Crippen LogP contribution in [0.1, 0.15) is 31.9 Å². The van der Waals surface area contributed by atoms with Gasteiger partial charge in [0.25, 0.3) is 0 Å². The van der Waals surface area contributed by atoms with Gasteiger partial charge in [0.15, 0.2) is 0 Å². The Kier molecular flexibility index (Phi) is 2.12. The van der Waals surface area contributed by atoms with Crippen LogP contribution in [0.25, 0.3) is 0 Å². The summed E-state index contributed by atoms with van der Waals surface area (Å²) in [7, 11) is 0. The lowest BCUT2D eigenvalue weighted by Gasteiger charge is -2.15. The molecule has 0 radical (unpaired) electrons. The number of rotatable bonds is 1. The van der Waals surface area contributed by atoms with E-state index in [1.165, 1.54) is 12.0 Å². The van der Waals surface area contributed by atoms with Crippen LogP contribution in [0.2, 0.25) is 0 Å². The van der Waals surface area contributed by atoms with Crippen LogP contribution >= 0.6 is 0 Å². The molecule has 1 fully saturated rings. The Morgan fingerprint density at radius 3 is 2.46 bits per heavy atom. The smallest absolute Gasteiger partial charge is 0.0326 e. The summed E-state index contributed by atoms with van der Waals surface area (Å²) in [6.07, 6.45) is 1.25. The topological polar surface area (TPSA) is 12.0 Å². The zero-order chi connectivity index (χ0) is 9.31. The second kappa shape index (κ2) is 3.15. The third-order valence-electron chi connectivity index (χ3n) is 2.79. The van der Waals surface area contributed by atoms with E-state index in [-0.39, 0.29) is 0 Å². The van der Waals surface area contributed by atoms with Gasteiger partial charge in [-0.25, -0.2) is 0 Å². The summed E-state index contributed by atoms with van der Waals surface area (Å²) in [5.41, 5.74) is 1.88. The third-order valence-corrected chi connectivity index (χ3v) is 2.79. The van der Waals surface area contributed by atoms with E-state index in [0.717, 1.165) is 6.54 Å². The molecule has 1 aliphatic heterocycles. The molecule has 0 bridgehead atoms. The molecule has 1 aromatic carbocycles. The highest BCUT2D eigenvalue weighted by molar-refractivity contribution is 5.20. The van der Waals surface area contributed by atoms with E-state index in [1.54, 1.807) is 0 Å². The molecule has 1 saturated heterocycles. The summed E-state index contributed by atoms with van der Waals surface area (Å²) in [6.45, 7) is 5.78. The molecule has 1 nitrogen and oxygen atoms in total. The number of hydrogen-bond donors (Lipinski definition) is 1. The number of hydrogen-bond acceptors (Lipinski definition) is 1. The molecule has 0 amide bonds. The lowest BCUT2D eigenvalue weighted by molar-refractivity contribution is 0.403. The molecule has 0 aliphatic carbocycles. The van der Waals surface area contributed by atoms with E-state index >= 15 is 0 Å². The first-order valence-electron chi connectivity index (χ1n) is 4.96. The standard InChI is InChI=1S/C12H17N/c1-12(2)8-11(13-9-12)10-6-4-3-5-7-10/h3-7,11,13H,8-9H2,1-2H3/t11-/m1/s1. The quantitative estimate of drug-likeness (QED) is 0.692. The van der Waals surface area contributed by atoms with Crippen molar-refractivity contribution in [2.45, 2.75) is 26.3 Å². The second-order valence-corrected chi connectivity index (χ2v) is 4.71. The Balaban J connectivity index is 2.13.